The molecule has 0 bridgehead atoms. The minimum absolute atomic E-state index is 0.105. The van der Waals surface area contributed by atoms with E-state index in [-0.39, 0.29) is 29.9 Å². The van der Waals surface area contributed by atoms with Crippen LogP contribution in [-0.4, -0.2) is 41.2 Å². The van der Waals surface area contributed by atoms with Crippen molar-refractivity contribution in [3.63, 3.8) is 0 Å². The van der Waals surface area contributed by atoms with Gasteiger partial charge in [0.15, 0.2) is 11.6 Å². The molecule has 0 radical (unpaired) electrons. The molecule has 0 saturated heterocycles. The van der Waals surface area contributed by atoms with E-state index >= 15 is 0 Å². The van der Waals surface area contributed by atoms with Gasteiger partial charge in [-0.2, -0.15) is 4.98 Å². The number of aromatic amines is 1. The standard InChI is InChI=1S/C27H23N5O5/c1-35-19-11-12-20(22(15-19)36-2)25-30-27(32-31-25)29-24(33)13-16-7-9-18(10-8-16)28-26(34)23-14-17-5-3-4-6-21(17)37-23/h3-12,14-15H,13H2,1-2H3,(H,28,34)(H2,29,30,31,32,33). The third-order valence-electron chi connectivity index (χ3n) is 5.63. The third kappa shape index (κ3) is 5.27. The highest BCUT2D eigenvalue weighted by molar-refractivity contribution is 6.04. The number of aromatic nitrogens is 3. The Balaban J connectivity index is 1.19. The van der Waals surface area contributed by atoms with E-state index in [1.165, 1.54) is 0 Å². The summed E-state index contributed by atoms with van der Waals surface area (Å²) in [7, 11) is 3.12. The molecule has 37 heavy (non-hydrogen) atoms. The van der Waals surface area contributed by atoms with Crippen LogP contribution in [0.3, 0.4) is 0 Å². The van der Waals surface area contributed by atoms with Crippen LogP contribution < -0.4 is 20.1 Å². The van der Waals surface area contributed by atoms with E-state index in [0.717, 1.165) is 10.9 Å². The van der Waals surface area contributed by atoms with E-state index in [1.807, 2.05) is 18.2 Å². The molecule has 3 aromatic carbocycles. The maximum Gasteiger partial charge on any atom is 0.291 e. The first kappa shape index (κ1) is 23.6. The molecule has 10 nitrogen and oxygen atoms in total. The van der Waals surface area contributed by atoms with E-state index in [0.29, 0.717) is 34.2 Å². The maximum atomic E-state index is 12.5. The highest BCUT2D eigenvalue weighted by atomic mass is 16.5. The predicted molar refractivity (Wildman–Crippen MR) is 138 cm³/mol. The predicted octanol–water partition coefficient (Wildman–Crippen LogP) is 4.67. The van der Waals surface area contributed by atoms with Crippen LogP contribution in [0, 0.1) is 0 Å². The van der Waals surface area contributed by atoms with Crippen molar-refractivity contribution < 1.29 is 23.5 Å². The number of H-pyrrole nitrogens is 1. The maximum absolute atomic E-state index is 12.5. The van der Waals surface area contributed by atoms with Gasteiger partial charge in [0, 0.05) is 17.1 Å². The van der Waals surface area contributed by atoms with Gasteiger partial charge in [0.25, 0.3) is 5.91 Å². The largest absolute Gasteiger partial charge is 0.497 e. The van der Waals surface area contributed by atoms with E-state index < -0.39 is 0 Å². The molecule has 3 N–H and O–H groups in total. The zero-order chi connectivity index (χ0) is 25.8. The van der Waals surface area contributed by atoms with Gasteiger partial charge in [-0.3, -0.25) is 20.0 Å². The third-order valence-corrected chi connectivity index (χ3v) is 5.63. The fourth-order valence-electron chi connectivity index (χ4n) is 3.78. The van der Waals surface area contributed by atoms with Gasteiger partial charge in [0.05, 0.1) is 26.2 Å². The molecule has 10 heteroatoms. The highest BCUT2D eigenvalue weighted by Gasteiger charge is 2.15. The van der Waals surface area contributed by atoms with Crippen molar-refractivity contribution in [2.75, 3.05) is 24.9 Å². The molecule has 0 aliphatic carbocycles. The Morgan fingerprint density at radius 1 is 0.946 bits per heavy atom. The topological polar surface area (TPSA) is 131 Å². The van der Waals surface area contributed by atoms with Crippen molar-refractivity contribution in [2.24, 2.45) is 0 Å². The van der Waals surface area contributed by atoms with Crippen LogP contribution in [0.4, 0.5) is 11.6 Å². The van der Waals surface area contributed by atoms with Crippen LogP contribution in [0.2, 0.25) is 0 Å². The number of para-hydroxylation sites is 1. The number of rotatable bonds is 8. The number of carbonyl (C=O) groups is 2. The minimum Gasteiger partial charge on any atom is -0.497 e. The number of hydrogen-bond donors (Lipinski definition) is 3. The number of nitrogens with one attached hydrogen (secondary N) is 3. The van der Waals surface area contributed by atoms with Gasteiger partial charge in [-0.05, 0) is 42.0 Å². The molecule has 2 heterocycles. The van der Waals surface area contributed by atoms with Gasteiger partial charge < -0.3 is 19.2 Å². The molecule has 0 aliphatic heterocycles. The van der Waals surface area contributed by atoms with Gasteiger partial charge >= 0.3 is 0 Å². The summed E-state index contributed by atoms with van der Waals surface area (Å²) >= 11 is 0. The molecule has 0 fully saturated rings. The summed E-state index contributed by atoms with van der Waals surface area (Å²) in [5.41, 5.74) is 2.67. The fourth-order valence-corrected chi connectivity index (χ4v) is 3.78. The number of furan rings is 1. The molecule has 5 rings (SSSR count). The summed E-state index contributed by atoms with van der Waals surface area (Å²) in [6, 6.07) is 21.4. The molecule has 2 aromatic heterocycles. The van der Waals surface area contributed by atoms with Crippen LogP contribution in [0.5, 0.6) is 11.5 Å². The molecular formula is C27H23N5O5. The number of ether oxygens (including phenoxy) is 2. The summed E-state index contributed by atoms with van der Waals surface area (Å²) in [4.78, 5) is 29.4. The lowest BCUT2D eigenvalue weighted by molar-refractivity contribution is -0.115. The van der Waals surface area contributed by atoms with Crippen LogP contribution in [0.25, 0.3) is 22.4 Å². The summed E-state index contributed by atoms with van der Waals surface area (Å²) in [6.45, 7) is 0. The number of fused-ring (bicyclic) bond motifs is 1. The quantitative estimate of drug-likeness (QED) is 0.284. The van der Waals surface area contributed by atoms with Crippen LogP contribution in [-0.2, 0) is 11.2 Å². The van der Waals surface area contributed by atoms with Crippen molar-refractivity contribution in [3.8, 4) is 22.9 Å². The number of nitrogens with zero attached hydrogens (tertiary/aromatic N) is 2. The lowest BCUT2D eigenvalue weighted by Crippen LogP contribution is -2.15. The molecule has 0 unspecified atom stereocenters. The van der Waals surface area contributed by atoms with Crippen molar-refractivity contribution in [3.05, 3.63) is 84.1 Å². The molecule has 0 spiro atoms. The number of benzene rings is 3. The van der Waals surface area contributed by atoms with Gasteiger partial charge in [-0.15, -0.1) is 5.10 Å². The number of anilines is 2. The second-order valence-corrected chi connectivity index (χ2v) is 8.10. The summed E-state index contributed by atoms with van der Waals surface area (Å²) in [5, 5.41) is 13.2. The minimum atomic E-state index is -0.351. The van der Waals surface area contributed by atoms with Gasteiger partial charge in [-0.1, -0.05) is 30.3 Å². The van der Waals surface area contributed by atoms with E-state index in [1.54, 1.807) is 68.8 Å². The van der Waals surface area contributed by atoms with Crippen molar-refractivity contribution in [1.82, 2.24) is 15.2 Å². The number of carbonyl (C=O) groups excluding carboxylic acids is 2. The lowest BCUT2D eigenvalue weighted by Gasteiger charge is -2.07. The normalized spacial score (nSPS) is 10.8. The molecule has 0 saturated carbocycles. The second-order valence-electron chi connectivity index (χ2n) is 8.10. The molecule has 186 valence electrons. The average molecular weight is 498 g/mol. The lowest BCUT2D eigenvalue weighted by atomic mass is 10.1. The Bertz CT molecular complexity index is 1540. The van der Waals surface area contributed by atoms with E-state index in [9.17, 15) is 9.59 Å². The number of hydrogen-bond acceptors (Lipinski definition) is 7. The Labute approximate surface area is 211 Å². The Hall–Kier alpha value is -5.12. The zero-order valence-corrected chi connectivity index (χ0v) is 20.1. The smallest absolute Gasteiger partial charge is 0.291 e. The molecular weight excluding hydrogens is 474 g/mol. The fraction of sp³-hybridized carbons (Fsp3) is 0.111. The number of amides is 2. The molecule has 0 atom stereocenters. The Morgan fingerprint density at radius 3 is 2.51 bits per heavy atom. The van der Waals surface area contributed by atoms with Crippen LogP contribution >= 0.6 is 0 Å². The molecule has 5 aromatic rings. The molecule has 2 amide bonds. The van der Waals surface area contributed by atoms with Gasteiger partial charge in [0.2, 0.25) is 11.9 Å². The van der Waals surface area contributed by atoms with E-state index in [2.05, 4.69) is 25.8 Å². The van der Waals surface area contributed by atoms with Crippen LogP contribution in [0.1, 0.15) is 16.1 Å². The van der Waals surface area contributed by atoms with Gasteiger partial charge in [0.1, 0.15) is 17.1 Å². The average Bonchev–Trinajstić information content (AvgIpc) is 3.56. The summed E-state index contributed by atoms with van der Waals surface area (Å²) < 4.78 is 16.2. The van der Waals surface area contributed by atoms with Crippen molar-refractivity contribution in [2.45, 2.75) is 6.42 Å². The highest BCUT2D eigenvalue weighted by Crippen LogP contribution is 2.31. The SMILES string of the molecule is COc1ccc(-c2nc(NC(=O)Cc3ccc(NC(=O)c4cc5ccccc5o4)cc3)n[nH]2)c(OC)c1. The second kappa shape index (κ2) is 10.2. The monoisotopic (exact) mass is 497 g/mol. The Kier molecular flexibility index (Phi) is 6.54. The van der Waals surface area contributed by atoms with Crippen LogP contribution in [0.15, 0.2) is 77.2 Å². The first-order valence-electron chi connectivity index (χ1n) is 11.4. The van der Waals surface area contributed by atoms with Crippen molar-refractivity contribution >= 4 is 34.4 Å². The van der Waals surface area contributed by atoms with E-state index in [4.69, 9.17) is 13.9 Å². The first-order chi connectivity index (χ1) is 18.0. The summed E-state index contributed by atoms with van der Waals surface area (Å²) in [6.07, 6.45) is 0.105. The summed E-state index contributed by atoms with van der Waals surface area (Å²) in [5.74, 6) is 1.38. The molecule has 0 aliphatic rings. The zero-order valence-electron chi connectivity index (χ0n) is 20.1. The number of methoxy groups -OCH3 is 2. The van der Waals surface area contributed by atoms with Crippen molar-refractivity contribution in [1.29, 1.82) is 0 Å². The Morgan fingerprint density at radius 2 is 1.76 bits per heavy atom. The first-order valence-corrected chi connectivity index (χ1v) is 11.4. The van der Waals surface area contributed by atoms with Gasteiger partial charge in [-0.25, -0.2) is 0 Å².